The molecule has 0 bridgehead atoms. The van der Waals surface area contributed by atoms with Crippen molar-refractivity contribution in [2.75, 3.05) is 5.32 Å². The molecule has 0 atom stereocenters. The van der Waals surface area contributed by atoms with E-state index in [-0.39, 0.29) is 11.8 Å². The maximum atomic E-state index is 12.3. The zero-order valence-electron chi connectivity index (χ0n) is 13.9. The van der Waals surface area contributed by atoms with E-state index in [1.165, 1.54) is 30.9 Å². The highest BCUT2D eigenvalue weighted by molar-refractivity contribution is 5.96. The molecule has 4 nitrogen and oxygen atoms in total. The minimum absolute atomic E-state index is 0.139. The number of amides is 2. The largest absolute Gasteiger partial charge is 0.348 e. The molecule has 0 unspecified atom stereocenters. The Bertz CT molecular complexity index is 768. The van der Waals surface area contributed by atoms with Gasteiger partial charge < -0.3 is 10.6 Å². The SMILES string of the molecule is CC(=O)Nc1cccc(C(=O)NCc2ccc3c(c2)CCCC3)c1. The van der Waals surface area contributed by atoms with Gasteiger partial charge in [-0.1, -0.05) is 24.3 Å². The van der Waals surface area contributed by atoms with Crippen LogP contribution in [0.4, 0.5) is 5.69 Å². The van der Waals surface area contributed by atoms with E-state index in [1.807, 2.05) is 0 Å². The Balaban J connectivity index is 1.64. The number of anilines is 1. The van der Waals surface area contributed by atoms with Crippen molar-refractivity contribution in [2.45, 2.75) is 39.2 Å². The molecule has 2 aromatic carbocycles. The maximum Gasteiger partial charge on any atom is 0.251 e. The Morgan fingerprint density at radius 1 is 1.00 bits per heavy atom. The first kappa shape index (κ1) is 16.2. The third-order valence-corrected chi connectivity index (χ3v) is 4.31. The van der Waals surface area contributed by atoms with Crippen molar-refractivity contribution in [3.63, 3.8) is 0 Å². The van der Waals surface area contributed by atoms with Crippen molar-refractivity contribution in [2.24, 2.45) is 0 Å². The molecule has 0 radical (unpaired) electrons. The summed E-state index contributed by atoms with van der Waals surface area (Å²) in [7, 11) is 0. The van der Waals surface area contributed by atoms with Gasteiger partial charge in [-0.2, -0.15) is 0 Å². The van der Waals surface area contributed by atoms with E-state index in [0.717, 1.165) is 18.4 Å². The van der Waals surface area contributed by atoms with E-state index < -0.39 is 0 Å². The monoisotopic (exact) mass is 322 g/mol. The molecular weight excluding hydrogens is 300 g/mol. The first-order valence-electron chi connectivity index (χ1n) is 8.38. The number of benzene rings is 2. The molecule has 24 heavy (non-hydrogen) atoms. The smallest absolute Gasteiger partial charge is 0.251 e. The summed E-state index contributed by atoms with van der Waals surface area (Å²) < 4.78 is 0. The van der Waals surface area contributed by atoms with E-state index >= 15 is 0 Å². The molecule has 2 N–H and O–H groups in total. The van der Waals surface area contributed by atoms with Gasteiger partial charge in [0.15, 0.2) is 0 Å². The quantitative estimate of drug-likeness (QED) is 0.906. The highest BCUT2D eigenvalue weighted by Crippen LogP contribution is 2.22. The molecular formula is C20H22N2O2. The highest BCUT2D eigenvalue weighted by Gasteiger charge is 2.11. The van der Waals surface area contributed by atoms with Crippen LogP contribution in [0.2, 0.25) is 0 Å². The normalized spacial score (nSPS) is 13.0. The lowest BCUT2D eigenvalue weighted by Gasteiger charge is -2.16. The molecule has 0 aliphatic heterocycles. The molecule has 4 heteroatoms. The molecule has 0 spiro atoms. The van der Waals surface area contributed by atoms with Crippen LogP contribution < -0.4 is 10.6 Å². The van der Waals surface area contributed by atoms with Gasteiger partial charge in [0.1, 0.15) is 0 Å². The number of hydrogen-bond acceptors (Lipinski definition) is 2. The number of carbonyl (C=O) groups excluding carboxylic acids is 2. The standard InChI is InChI=1S/C20H22N2O2/c1-14(23)22-19-8-4-7-18(12-19)20(24)21-13-15-9-10-16-5-2-3-6-17(16)11-15/h4,7-12H,2-3,5-6,13H2,1H3,(H,21,24)(H,22,23). The summed E-state index contributed by atoms with van der Waals surface area (Å²) in [6, 6.07) is 13.5. The Morgan fingerprint density at radius 3 is 2.58 bits per heavy atom. The van der Waals surface area contributed by atoms with Gasteiger partial charge in [-0.05, 0) is 60.6 Å². The predicted molar refractivity (Wildman–Crippen MR) is 95.0 cm³/mol. The van der Waals surface area contributed by atoms with Crippen LogP contribution in [-0.4, -0.2) is 11.8 Å². The number of hydrogen-bond donors (Lipinski definition) is 2. The summed E-state index contributed by atoms with van der Waals surface area (Å²) in [5.41, 5.74) is 5.16. The van der Waals surface area contributed by atoms with Crippen molar-refractivity contribution < 1.29 is 9.59 Å². The maximum absolute atomic E-state index is 12.3. The molecule has 2 amide bonds. The third kappa shape index (κ3) is 4.02. The molecule has 0 fully saturated rings. The van der Waals surface area contributed by atoms with Gasteiger partial charge in [-0.25, -0.2) is 0 Å². The number of aryl methyl sites for hydroxylation is 2. The second kappa shape index (κ2) is 7.30. The van der Waals surface area contributed by atoms with Crippen molar-refractivity contribution in [1.29, 1.82) is 0 Å². The second-order valence-electron chi connectivity index (χ2n) is 6.25. The molecule has 1 aliphatic carbocycles. The van der Waals surface area contributed by atoms with Crippen LogP contribution in [0.1, 0.15) is 46.8 Å². The van der Waals surface area contributed by atoms with Crippen LogP contribution in [0.5, 0.6) is 0 Å². The van der Waals surface area contributed by atoms with E-state index in [1.54, 1.807) is 24.3 Å². The topological polar surface area (TPSA) is 58.2 Å². The van der Waals surface area contributed by atoms with E-state index in [9.17, 15) is 9.59 Å². The third-order valence-electron chi connectivity index (χ3n) is 4.31. The van der Waals surface area contributed by atoms with Crippen molar-refractivity contribution in [3.8, 4) is 0 Å². The lowest BCUT2D eigenvalue weighted by molar-refractivity contribution is -0.114. The average Bonchev–Trinajstić information content (AvgIpc) is 2.59. The minimum Gasteiger partial charge on any atom is -0.348 e. The highest BCUT2D eigenvalue weighted by atomic mass is 16.2. The average molecular weight is 322 g/mol. The van der Waals surface area contributed by atoms with E-state index in [0.29, 0.717) is 17.8 Å². The fourth-order valence-corrected chi connectivity index (χ4v) is 3.12. The minimum atomic E-state index is -0.151. The summed E-state index contributed by atoms with van der Waals surface area (Å²) in [6.45, 7) is 1.96. The van der Waals surface area contributed by atoms with Crippen LogP contribution in [0, 0.1) is 0 Å². The Hall–Kier alpha value is -2.62. The van der Waals surface area contributed by atoms with Crippen LogP contribution in [0.15, 0.2) is 42.5 Å². The van der Waals surface area contributed by atoms with Crippen molar-refractivity contribution in [1.82, 2.24) is 5.32 Å². The zero-order valence-corrected chi connectivity index (χ0v) is 13.9. The van der Waals surface area contributed by atoms with Gasteiger partial charge in [0.05, 0.1) is 0 Å². The number of carbonyl (C=O) groups is 2. The molecule has 1 aliphatic rings. The van der Waals surface area contributed by atoms with Crippen LogP contribution in [-0.2, 0) is 24.2 Å². The summed E-state index contributed by atoms with van der Waals surface area (Å²) in [6.07, 6.45) is 4.82. The van der Waals surface area contributed by atoms with Gasteiger partial charge in [-0.3, -0.25) is 9.59 Å². The van der Waals surface area contributed by atoms with E-state index in [4.69, 9.17) is 0 Å². The molecule has 0 saturated carbocycles. The molecule has 2 aromatic rings. The van der Waals surface area contributed by atoms with Gasteiger partial charge in [0.25, 0.3) is 5.91 Å². The molecule has 124 valence electrons. The van der Waals surface area contributed by atoms with Crippen LogP contribution in [0.3, 0.4) is 0 Å². The van der Waals surface area contributed by atoms with Gasteiger partial charge in [-0.15, -0.1) is 0 Å². The lowest BCUT2D eigenvalue weighted by Crippen LogP contribution is -2.23. The number of rotatable bonds is 4. The molecule has 3 rings (SSSR count). The van der Waals surface area contributed by atoms with Gasteiger partial charge in [0, 0.05) is 24.7 Å². The molecule has 0 aromatic heterocycles. The van der Waals surface area contributed by atoms with Crippen LogP contribution >= 0.6 is 0 Å². The number of nitrogens with one attached hydrogen (secondary N) is 2. The van der Waals surface area contributed by atoms with Crippen LogP contribution in [0.25, 0.3) is 0 Å². The molecule has 0 heterocycles. The predicted octanol–water partition coefficient (Wildman–Crippen LogP) is 3.45. The first-order valence-corrected chi connectivity index (χ1v) is 8.38. The van der Waals surface area contributed by atoms with Crippen molar-refractivity contribution >= 4 is 17.5 Å². The summed E-state index contributed by atoms with van der Waals surface area (Å²) in [5.74, 6) is -0.290. The summed E-state index contributed by atoms with van der Waals surface area (Å²) >= 11 is 0. The first-order chi connectivity index (χ1) is 11.6. The Kier molecular flexibility index (Phi) is 4.94. The van der Waals surface area contributed by atoms with Gasteiger partial charge in [0.2, 0.25) is 5.91 Å². The summed E-state index contributed by atoms with van der Waals surface area (Å²) in [4.78, 5) is 23.4. The zero-order chi connectivity index (χ0) is 16.9. The Labute approximate surface area is 142 Å². The van der Waals surface area contributed by atoms with Gasteiger partial charge >= 0.3 is 0 Å². The lowest BCUT2D eigenvalue weighted by atomic mass is 9.90. The Morgan fingerprint density at radius 2 is 1.79 bits per heavy atom. The fourth-order valence-electron chi connectivity index (χ4n) is 3.12. The summed E-state index contributed by atoms with van der Waals surface area (Å²) in [5, 5.41) is 5.64. The number of fused-ring (bicyclic) bond motifs is 1. The fraction of sp³-hybridized carbons (Fsp3) is 0.300. The second-order valence-corrected chi connectivity index (χ2v) is 6.25. The van der Waals surface area contributed by atoms with Crippen molar-refractivity contribution in [3.05, 3.63) is 64.7 Å². The molecule has 0 saturated heterocycles. The van der Waals surface area contributed by atoms with E-state index in [2.05, 4.69) is 28.8 Å².